The van der Waals surface area contributed by atoms with Crippen LogP contribution in [0.5, 0.6) is 0 Å². The molecule has 2 rings (SSSR count). The Balaban J connectivity index is 2.04. The Morgan fingerprint density at radius 1 is 1.38 bits per heavy atom. The average Bonchev–Trinajstić information content (AvgIpc) is 2.46. The number of hydrogen-bond donors (Lipinski definition) is 1. The Morgan fingerprint density at radius 3 is 2.76 bits per heavy atom. The van der Waals surface area contributed by atoms with E-state index in [1.807, 2.05) is 45.0 Å². The molecule has 21 heavy (non-hydrogen) atoms. The Kier molecular flexibility index (Phi) is 5.62. The Bertz CT molecular complexity index is 493. The third kappa shape index (κ3) is 4.19. The normalized spacial score (nSPS) is 21.3. The van der Waals surface area contributed by atoms with E-state index >= 15 is 0 Å². The first-order valence-corrected chi connectivity index (χ1v) is 7.77. The van der Waals surface area contributed by atoms with Crippen molar-refractivity contribution in [3.05, 3.63) is 34.9 Å². The van der Waals surface area contributed by atoms with E-state index in [2.05, 4.69) is 10.2 Å². The molecule has 1 aromatic rings. The van der Waals surface area contributed by atoms with Crippen LogP contribution in [0, 0.1) is 0 Å². The summed E-state index contributed by atoms with van der Waals surface area (Å²) in [6, 6.07) is 7.70. The molecule has 116 valence electrons. The van der Waals surface area contributed by atoms with E-state index in [-0.39, 0.29) is 24.1 Å². The van der Waals surface area contributed by atoms with E-state index < -0.39 is 0 Å². The number of benzene rings is 1. The molecule has 1 amide bonds. The molecule has 0 unspecified atom stereocenters. The molecular weight excluding hydrogens is 288 g/mol. The van der Waals surface area contributed by atoms with E-state index in [4.69, 9.17) is 16.3 Å². The zero-order valence-electron chi connectivity index (χ0n) is 12.8. The van der Waals surface area contributed by atoms with Crippen LogP contribution in [-0.2, 0) is 9.53 Å². The van der Waals surface area contributed by atoms with Crippen molar-refractivity contribution < 1.29 is 9.53 Å². The van der Waals surface area contributed by atoms with E-state index in [9.17, 15) is 4.79 Å². The van der Waals surface area contributed by atoms with Gasteiger partial charge in [0.25, 0.3) is 0 Å². The number of ether oxygens (including phenoxy) is 1. The first-order valence-electron chi connectivity index (χ1n) is 7.39. The molecule has 0 saturated carbocycles. The van der Waals surface area contributed by atoms with Crippen LogP contribution < -0.4 is 5.32 Å². The summed E-state index contributed by atoms with van der Waals surface area (Å²) in [5.74, 6) is 0.0600. The van der Waals surface area contributed by atoms with Gasteiger partial charge < -0.3 is 10.1 Å². The van der Waals surface area contributed by atoms with Crippen molar-refractivity contribution in [3.63, 3.8) is 0 Å². The summed E-state index contributed by atoms with van der Waals surface area (Å²) >= 11 is 6.24. The second-order valence-electron chi connectivity index (χ2n) is 5.72. The summed E-state index contributed by atoms with van der Waals surface area (Å²) in [4.78, 5) is 14.3. The average molecular weight is 311 g/mol. The molecule has 1 aromatic carbocycles. The number of amides is 1. The highest BCUT2D eigenvalue weighted by Crippen LogP contribution is 2.28. The number of morpholine rings is 1. The molecule has 1 N–H and O–H groups in total. The van der Waals surface area contributed by atoms with Crippen LogP contribution in [0.15, 0.2) is 24.3 Å². The Morgan fingerprint density at radius 2 is 2.10 bits per heavy atom. The lowest BCUT2D eigenvalue weighted by molar-refractivity contribution is -0.129. The van der Waals surface area contributed by atoms with Crippen LogP contribution in [0.2, 0.25) is 5.02 Å². The van der Waals surface area contributed by atoms with Gasteiger partial charge in [0.15, 0.2) is 0 Å². The second-order valence-corrected chi connectivity index (χ2v) is 6.12. The summed E-state index contributed by atoms with van der Waals surface area (Å²) in [6.07, 6.45) is -0.0817. The van der Waals surface area contributed by atoms with Crippen molar-refractivity contribution in [1.82, 2.24) is 10.2 Å². The molecule has 2 atom stereocenters. The molecule has 0 aliphatic carbocycles. The first-order chi connectivity index (χ1) is 9.99. The minimum Gasteiger partial charge on any atom is -0.371 e. The van der Waals surface area contributed by atoms with Crippen LogP contribution in [-0.4, -0.2) is 42.6 Å². The fourth-order valence-corrected chi connectivity index (χ4v) is 2.77. The molecule has 0 spiro atoms. The van der Waals surface area contributed by atoms with Gasteiger partial charge in [-0.1, -0.05) is 29.8 Å². The number of hydrogen-bond acceptors (Lipinski definition) is 3. The fourth-order valence-electron chi connectivity index (χ4n) is 2.52. The minimum absolute atomic E-state index is 0.0600. The maximum absolute atomic E-state index is 12.1. The van der Waals surface area contributed by atoms with Gasteiger partial charge in [-0.3, -0.25) is 9.69 Å². The largest absolute Gasteiger partial charge is 0.371 e. The van der Waals surface area contributed by atoms with Gasteiger partial charge in [0, 0.05) is 29.7 Å². The Labute approximate surface area is 131 Å². The first kappa shape index (κ1) is 16.3. The lowest BCUT2D eigenvalue weighted by Gasteiger charge is -2.36. The van der Waals surface area contributed by atoms with Crippen molar-refractivity contribution in [2.75, 3.05) is 19.7 Å². The highest BCUT2D eigenvalue weighted by atomic mass is 35.5. The molecule has 0 aromatic heterocycles. The number of carbonyl (C=O) groups excluding carboxylic acids is 1. The topological polar surface area (TPSA) is 41.6 Å². The number of halogens is 1. The molecule has 0 bridgehead atoms. The smallest absolute Gasteiger partial charge is 0.237 e. The van der Waals surface area contributed by atoms with Gasteiger partial charge in [-0.05, 0) is 26.8 Å². The zero-order chi connectivity index (χ0) is 15.4. The molecule has 5 heteroatoms. The van der Waals surface area contributed by atoms with Crippen LogP contribution in [0.1, 0.15) is 32.4 Å². The van der Waals surface area contributed by atoms with Crippen molar-refractivity contribution >= 4 is 17.5 Å². The Hall–Kier alpha value is -1.10. The lowest BCUT2D eigenvalue weighted by Crippen LogP contribution is -2.51. The van der Waals surface area contributed by atoms with Crippen molar-refractivity contribution in [2.45, 2.75) is 39.0 Å². The number of nitrogens with one attached hydrogen (secondary N) is 1. The molecule has 1 aliphatic rings. The summed E-state index contributed by atoms with van der Waals surface area (Å²) in [6.45, 7) is 7.92. The van der Waals surface area contributed by atoms with Crippen molar-refractivity contribution in [3.8, 4) is 0 Å². The molecule has 1 aliphatic heterocycles. The molecule has 1 heterocycles. The van der Waals surface area contributed by atoms with E-state index in [1.165, 1.54) is 0 Å². The van der Waals surface area contributed by atoms with Crippen LogP contribution in [0.25, 0.3) is 0 Å². The molecular formula is C16H23ClN2O2. The predicted molar refractivity (Wildman–Crippen MR) is 84.5 cm³/mol. The third-order valence-electron chi connectivity index (χ3n) is 3.71. The summed E-state index contributed by atoms with van der Waals surface area (Å²) in [5.41, 5.74) is 0.986. The van der Waals surface area contributed by atoms with Gasteiger partial charge >= 0.3 is 0 Å². The van der Waals surface area contributed by atoms with Gasteiger partial charge in [0.2, 0.25) is 5.91 Å². The van der Waals surface area contributed by atoms with Crippen LogP contribution in [0.4, 0.5) is 0 Å². The van der Waals surface area contributed by atoms with Gasteiger partial charge in [0.05, 0.1) is 18.8 Å². The maximum atomic E-state index is 12.1. The van der Waals surface area contributed by atoms with Crippen LogP contribution in [0.3, 0.4) is 0 Å². The van der Waals surface area contributed by atoms with Crippen LogP contribution >= 0.6 is 11.6 Å². The fraction of sp³-hybridized carbons (Fsp3) is 0.562. The summed E-state index contributed by atoms with van der Waals surface area (Å²) < 4.78 is 5.83. The van der Waals surface area contributed by atoms with Crippen molar-refractivity contribution in [1.29, 1.82) is 0 Å². The highest BCUT2D eigenvalue weighted by Gasteiger charge is 2.29. The number of nitrogens with zero attached hydrogens (tertiary/aromatic N) is 1. The lowest BCUT2D eigenvalue weighted by atomic mass is 10.1. The zero-order valence-corrected chi connectivity index (χ0v) is 13.6. The minimum atomic E-state index is -0.165. The third-order valence-corrected chi connectivity index (χ3v) is 4.05. The predicted octanol–water partition coefficient (Wildman–Crippen LogP) is 2.63. The maximum Gasteiger partial charge on any atom is 0.237 e. The van der Waals surface area contributed by atoms with Gasteiger partial charge in [-0.2, -0.15) is 0 Å². The number of carbonyl (C=O) groups is 1. The quantitative estimate of drug-likeness (QED) is 0.929. The van der Waals surface area contributed by atoms with Crippen molar-refractivity contribution in [2.24, 2.45) is 0 Å². The monoisotopic (exact) mass is 310 g/mol. The molecule has 4 nitrogen and oxygen atoms in total. The van der Waals surface area contributed by atoms with E-state index in [0.717, 1.165) is 12.1 Å². The summed E-state index contributed by atoms with van der Waals surface area (Å²) in [7, 11) is 0. The van der Waals surface area contributed by atoms with E-state index in [1.54, 1.807) is 0 Å². The standard InChI is InChI=1S/C16H23ClN2O2/c1-11(2)18-16(20)12(3)19-8-9-21-15(10-19)13-6-4-5-7-14(13)17/h4-7,11-12,15H,8-10H2,1-3H3,(H,18,20)/t12-,15+/m1/s1. The molecule has 1 fully saturated rings. The second kappa shape index (κ2) is 7.25. The summed E-state index contributed by atoms with van der Waals surface area (Å²) in [5, 5.41) is 3.67. The highest BCUT2D eigenvalue weighted by molar-refractivity contribution is 6.31. The van der Waals surface area contributed by atoms with Gasteiger partial charge in [0.1, 0.15) is 0 Å². The SMILES string of the molecule is CC(C)NC(=O)[C@@H](C)N1CCO[C@H](c2ccccc2Cl)C1. The van der Waals surface area contributed by atoms with E-state index in [0.29, 0.717) is 18.2 Å². The van der Waals surface area contributed by atoms with Gasteiger partial charge in [-0.25, -0.2) is 0 Å². The van der Waals surface area contributed by atoms with Gasteiger partial charge in [-0.15, -0.1) is 0 Å². The molecule has 0 radical (unpaired) electrons. The molecule has 1 saturated heterocycles. The number of rotatable bonds is 4.